The quantitative estimate of drug-likeness (QED) is 0.842. The van der Waals surface area contributed by atoms with E-state index in [0.29, 0.717) is 12.4 Å². The van der Waals surface area contributed by atoms with Crippen molar-refractivity contribution in [3.8, 4) is 5.75 Å². The first kappa shape index (κ1) is 12.8. The zero-order chi connectivity index (χ0) is 12.1. The molecule has 16 heavy (non-hydrogen) atoms. The molecule has 3 nitrogen and oxygen atoms in total. The van der Waals surface area contributed by atoms with Crippen LogP contribution in [0.25, 0.3) is 0 Å². The van der Waals surface area contributed by atoms with Gasteiger partial charge < -0.3 is 9.84 Å². The van der Waals surface area contributed by atoms with E-state index in [1.54, 1.807) is 6.07 Å². The van der Waals surface area contributed by atoms with Gasteiger partial charge in [-0.3, -0.25) is 0 Å². The lowest BCUT2D eigenvalue weighted by Gasteiger charge is -2.08. The van der Waals surface area contributed by atoms with Crippen LogP contribution in [0, 0.1) is 0 Å². The van der Waals surface area contributed by atoms with Gasteiger partial charge >= 0.3 is 5.97 Å². The third kappa shape index (κ3) is 3.70. The van der Waals surface area contributed by atoms with Crippen LogP contribution in [-0.4, -0.2) is 17.7 Å². The van der Waals surface area contributed by atoms with Gasteiger partial charge in [0.05, 0.1) is 16.6 Å². The summed E-state index contributed by atoms with van der Waals surface area (Å²) in [5.74, 6) is -0.418. The maximum absolute atomic E-state index is 10.8. The van der Waals surface area contributed by atoms with Crippen LogP contribution in [0.1, 0.15) is 23.7 Å². The summed E-state index contributed by atoms with van der Waals surface area (Å²) < 4.78 is 6.22. The number of carboxylic acid groups (broad SMARTS) is 1. The predicted molar refractivity (Wildman–Crippen MR) is 66.0 cm³/mol. The number of carbonyl (C=O) groups is 1. The van der Waals surface area contributed by atoms with Gasteiger partial charge in [0.1, 0.15) is 5.75 Å². The molecule has 0 bridgehead atoms. The molecule has 0 spiro atoms. The Kier molecular flexibility index (Phi) is 4.55. The Morgan fingerprint density at radius 3 is 2.81 bits per heavy atom. The van der Waals surface area contributed by atoms with E-state index in [9.17, 15) is 4.79 Å². The van der Waals surface area contributed by atoms with E-state index in [2.05, 4.69) is 22.5 Å². The Hall–Kier alpha value is -1.29. The van der Waals surface area contributed by atoms with E-state index in [-0.39, 0.29) is 5.56 Å². The second-order valence-corrected chi connectivity index (χ2v) is 4.36. The summed E-state index contributed by atoms with van der Waals surface area (Å²) in [4.78, 5) is 10.8. The molecule has 0 unspecified atom stereocenters. The second kappa shape index (κ2) is 5.70. The monoisotopic (exact) mass is 284 g/mol. The Morgan fingerprint density at radius 1 is 1.56 bits per heavy atom. The van der Waals surface area contributed by atoms with Crippen molar-refractivity contribution in [2.75, 3.05) is 6.61 Å². The Bertz CT molecular complexity index is 413. The van der Waals surface area contributed by atoms with Crippen molar-refractivity contribution in [2.24, 2.45) is 0 Å². The lowest BCUT2D eigenvalue weighted by atomic mass is 10.2. The highest BCUT2D eigenvalue weighted by molar-refractivity contribution is 9.10. The maximum Gasteiger partial charge on any atom is 0.335 e. The van der Waals surface area contributed by atoms with Crippen molar-refractivity contribution < 1.29 is 14.6 Å². The van der Waals surface area contributed by atoms with Crippen molar-refractivity contribution in [3.05, 3.63) is 40.4 Å². The second-order valence-electron chi connectivity index (χ2n) is 3.51. The van der Waals surface area contributed by atoms with Gasteiger partial charge in [0, 0.05) is 6.42 Å². The number of hydrogen-bond acceptors (Lipinski definition) is 2. The summed E-state index contributed by atoms with van der Waals surface area (Å²) in [6, 6.07) is 4.70. The first-order valence-corrected chi connectivity index (χ1v) is 5.60. The van der Waals surface area contributed by atoms with E-state index < -0.39 is 5.97 Å². The lowest BCUT2D eigenvalue weighted by molar-refractivity contribution is 0.0696. The molecule has 0 saturated carbocycles. The van der Waals surface area contributed by atoms with E-state index in [0.717, 1.165) is 16.5 Å². The van der Waals surface area contributed by atoms with Crippen LogP contribution in [0.3, 0.4) is 0 Å². The molecule has 1 rings (SSSR count). The first-order chi connectivity index (χ1) is 7.50. The lowest BCUT2D eigenvalue weighted by Crippen LogP contribution is -2.01. The normalized spacial score (nSPS) is 9.88. The molecule has 0 saturated heterocycles. The molecule has 0 amide bonds. The molecule has 86 valence electrons. The number of halogens is 1. The Balaban J connectivity index is 2.74. The van der Waals surface area contributed by atoms with Crippen molar-refractivity contribution in [1.29, 1.82) is 0 Å². The number of aromatic carboxylic acids is 1. The van der Waals surface area contributed by atoms with Gasteiger partial charge in [-0.15, -0.1) is 6.58 Å². The van der Waals surface area contributed by atoms with Gasteiger partial charge in [0.25, 0.3) is 0 Å². The van der Waals surface area contributed by atoms with E-state index in [1.165, 1.54) is 12.1 Å². The first-order valence-electron chi connectivity index (χ1n) is 4.80. The molecule has 0 aromatic heterocycles. The smallest absolute Gasteiger partial charge is 0.335 e. The van der Waals surface area contributed by atoms with E-state index in [4.69, 9.17) is 9.84 Å². The molecular weight excluding hydrogens is 272 g/mol. The Morgan fingerprint density at radius 2 is 2.25 bits per heavy atom. The minimum Gasteiger partial charge on any atom is -0.492 e. The van der Waals surface area contributed by atoms with E-state index in [1.807, 2.05) is 6.92 Å². The minimum absolute atomic E-state index is 0.216. The molecule has 0 radical (unpaired) electrons. The molecule has 0 fully saturated rings. The minimum atomic E-state index is -0.961. The van der Waals surface area contributed by atoms with Crippen molar-refractivity contribution >= 4 is 21.9 Å². The number of hydrogen-bond donors (Lipinski definition) is 1. The molecule has 1 aromatic rings. The van der Waals surface area contributed by atoms with Crippen molar-refractivity contribution in [2.45, 2.75) is 13.3 Å². The molecule has 0 heterocycles. The molecule has 0 aliphatic rings. The third-order valence-corrected chi connectivity index (χ3v) is 2.62. The maximum atomic E-state index is 10.8. The standard InChI is InChI=1S/C12H13BrO3/c1-8(2)5-6-16-11-7-9(12(14)15)3-4-10(11)13/h3-4,7H,1,5-6H2,2H3,(H,14,15). The summed E-state index contributed by atoms with van der Waals surface area (Å²) in [6.45, 7) is 6.19. The van der Waals surface area contributed by atoms with Crippen LogP contribution in [0.2, 0.25) is 0 Å². The fourth-order valence-electron chi connectivity index (χ4n) is 1.08. The molecule has 1 aromatic carbocycles. The van der Waals surface area contributed by atoms with E-state index >= 15 is 0 Å². The third-order valence-electron chi connectivity index (χ3n) is 1.96. The highest BCUT2D eigenvalue weighted by Gasteiger charge is 2.07. The predicted octanol–water partition coefficient (Wildman–Crippen LogP) is 3.49. The summed E-state index contributed by atoms with van der Waals surface area (Å²) in [5.41, 5.74) is 1.25. The topological polar surface area (TPSA) is 46.5 Å². The molecular formula is C12H13BrO3. The summed E-state index contributed by atoms with van der Waals surface area (Å²) in [6.07, 6.45) is 0.754. The fraction of sp³-hybridized carbons (Fsp3) is 0.250. The van der Waals surface area contributed by atoms with Gasteiger partial charge in [0.15, 0.2) is 0 Å². The molecule has 0 atom stereocenters. The van der Waals surface area contributed by atoms with Crippen molar-refractivity contribution in [3.63, 3.8) is 0 Å². The van der Waals surface area contributed by atoms with Crippen molar-refractivity contribution in [1.82, 2.24) is 0 Å². The van der Waals surface area contributed by atoms with Gasteiger partial charge in [-0.25, -0.2) is 4.79 Å². The Labute approximate surface area is 103 Å². The number of carboxylic acids is 1. The summed E-state index contributed by atoms with van der Waals surface area (Å²) in [7, 11) is 0. The van der Waals surface area contributed by atoms with Crippen LogP contribution in [0.15, 0.2) is 34.8 Å². The number of rotatable bonds is 5. The highest BCUT2D eigenvalue weighted by atomic mass is 79.9. The average Bonchev–Trinajstić information content (AvgIpc) is 2.20. The molecule has 1 N–H and O–H groups in total. The van der Waals surface area contributed by atoms with Gasteiger partial charge in [-0.2, -0.15) is 0 Å². The highest BCUT2D eigenvalue weighted by Crippen LogP contribution is 2.26. The largest absolute Gasteiger partial charge is 0.492 e. The van der Waals surface area contributed by atoms with Gasteiger partial charge in [0.2, 0.25) is 0 Å². The van der Waals surface area contributed by atoms with Gasteiger partial charge in [-0.1, -0.05) is 5.57 Å². The average molecular weight is 285 g/mol. The van der Waals surface area contributed by atoms with Gasteiger partial charge in [-0.05, 0) is 41.1 Å². The zero-order valence-electron chi connectivity index (χ0n) is 9.00. The SMILES string of the molecule is C=C(C)CCOc1cc(C(=O)O)ccc1Br. The van der Waals surface area contributed by atoms with Crippen LogP contribution in [0.4, 0.5) is 0 Å². The van der Waals surface area contributed by atoms with Crippen LogP contribution < -0.4 is 4.74 Å². The molecule has 0 aliphatic carbocycles. The van der Waals surface area contributed by atoms with Crippen LogP contribution in [-0.2, 0) is 0 Å². The van der Waals surface area contributed by atoms with Crippen LogP contribution >= 0.6 is 15.9 Å². The zero-order valence-corrected chi connectivity index (χ0v) is 10.6. The number of ether oxygens (including phenoxy) is 1. The fourth-order valence-corrected chi connectivity index (χ4v) is 1.44. The number of benzene rings is 1. The molecule has 4 heteroatoms. The summed E-state index contributed by atoms with van der Waals surface area (Å²) in [5, 5.41) is 8.83. The summed E-state index contributed by atoms with van der Waals surface area (Å²) >= 11 is 3.31. The van der Waals surface area contributed by atoms with Crippen LogP contribution in [0.5, 0.6) is 5.75 Å². The molecule has 0 aliphatic heterocycles.